The molecule has 122 valence electrons. The predicted molar refractivity (Wildman–Crippen MR) is 83.2 cm³/mol. The van der Waals surface area contributed by atoms with Crippen molar-refractivity contribution >= 4 is 11.9 Å². The van der Waals surface area contributed by atoms with E-state index >= 15 is 0 Å². The number of carboxylic acid groups (broad SMARTS) is 1. The number of amides is 1. The Morgan fingerprint density at radius 2 is 1.71 bits per heavy atom. The summed E-state index contributed by atoms with van der Waals surface area (Å²) in [6.45, 7) is 11.0. The third-order valence-electron chi connectivity index (χ3n) is 4.35. The summed E-state index contributed by atoms with van der Waals surface area (Å²) >= 11 is 0. The Balaban J connectivity index is 2.72. The molecule has 0 spiro atoms. The normalized spacial score (nSPS) is 23.4. The third kappa shape index (κ3) is 5.30. The Morgan fingerprint density at radius 1 is 1.19 bits per heavy atom. The largest absolute Gasteiger partial charge is 0.481 e. The van der Waals surface area contributed by atoms with Gasteiger partial charge in [0.05, 0.1) is 13.0 Å². The zero-order valence-corrected chi connectivity index (χ0v) is 14.1. The van der Waals surface area contributed by atoms with Gasteiger partial charge in [0.15, 0.2) is 0 Å². The summed E-state index contributed by atoms with van der Waals surface area (Å²) in [5.41, 5.74) is -0.215. The first-order valence-electron chi connectivity index (χ1n) is 7.91. The lowest BCUT2D eigenvalue weighted by Gasteiger charge is -2.42. The predicted octanol–water partition coefficient (Wildman–Crippen LogP) is 2.35. The Hall–Kier alpha value is -1.10. The summed E-state index contributed by atoms with van der Waals surface area (Å²) in [4.78, 5) is 27.4. The first-order chi connectivity index (χ1) is 9.62. The number of carboxylic acids is 1. The van der Waals surface area contributed by atoms with Crippen molar-refractivity contribution < 1.29 is 14.7 Å². The average molecular weight is 298 g/mol. The zero-order valence-electron chi connectivity index (χ0n) is 14.1. The van der Waals surface area contributed by atoms with Crippen LogP contribution in [-0.4, -0.2) is 57.5 Å². The van der Waals surface area contributed by atoms with Crippen LogP contribution in [0.25, 0.3) is 0 Å². The van der Waals surface area contributed by atoms with Crippen LogP contribution in [0.3, 0.4) is 0 Å². The van der Waals surface area contributed by atoms with E-state index in [1.807, 2.05) is 30.6 Å². The van der Waals surface area contributed by atoms with Gasteiger partial charge in [-0.1, -0.05) is 0 Å². The van der Waals surface area contributed by atoms with Gasteiger partial charge in [-0.3, -0.25) is 14.5 Å². The molecule has 1 N–H and O–H groups in total. The molecule has 0 saturated carbocycles. The molecule has 0 aromatic carbocycles. The van der Waals surface area contributed by atoms with Crippen LogP contribution in [0.2, 0.25) is 0 Å². The summed E-state index contributed by atoms with van der Waals surface area (Å²) in [7, 11) is 0. The molecule has 1 saturated heterocycles. The molecule has 1 heterocycles. The highest BCUT2D eigenvalue weighted by atomic mass is 16.4. The maximum Gasteiger partial charge on any atom is 0.304 e. The van der Waals surface area contributed by atoms with E-state index in [4.69, 9.17) is 5.11 Å². The fourth-order valence-corrected chi connectivity index (χ4v) is 3.04. The fourth-order valence-electron chi connectivity index (χ4n) is 3.04. The SMILES string of the molecule is CC1CCCC(C)N1C(=O)CN(CCC(=O)O)C(C)(C)C. The minimum Gasteiger partial charge on any atom is -0.481 e. The van der Waals surface area contributed by atoms with E-state index in [-0.39, 0.29) is 30.0 Å². The number of piperidine rings is 1. The Kier molecular flexibility index (Phi) is 6.20. The maximum atomic E-state index is 12.7. The van der Waals surface area contributed by atoms with Crippen LogP contribution < -0.4 is 0 Å². The lowest BCUT2D eigenvalue weighted by molar-refractivity contribution is -0.142. The van der Waals surface area contributed by atoms with E-state index in [0.717, 1.165) is 12.8 Å². The fraction of sp³-hybridized carbons (Fsp3) is 0.875. The maximum absolute atomic E-state index is 12.7. The Morgan fingerprint density at radius 3 is 2.14 bits per heavy atom. The molecule has 1 rings (SSSR count). The molecule has 2 atom stereocenters. The number of aliphatic carboxylic acids is 1. The van der Waals surface area contributed by atoms with Crippen LogP contribution >= 0.6 is 0 Å². The monoisotopic (exact) mass is 298 g/mol. The van der Waals surface area contributed by atoms with Gasteiger partial charge >= 0.3 is 5.97 Å². The number of rotatable bonds is 5. The van der Waals surface area contributed by atoms with Crippen molar-refractivity contribution in [3.63, 3.8) is 0 Å². The molecule has 0 aliphatic carbocycles. The van der Waals surface area contributed by atoms with Crippen molar-refractivity contribution in [1.82, 2.24) is 9.80 Å². The van der Waals surface area contributed by atoms with Gasteiger partial charge in [0.25, 0.3) is 0 Å². The van der Waals surface area contributed by atoms with E-state index in [1.54, 1.807) is 0 Å². The molecule has 0 radical (unpaired) electrons. The van der Waals surface area contributed by atoms with Crippen LogP contribution in [0.4, 0.5) is 0 Å². The van der Waals surface area contributed by atoms with E-state index in [9.17, 15) is 9.59 Å². The minimum absolute atomic E-state index is 0.0651. The van der Waals surface area contributed by atoms with Crippen LogP contribution in [0.1, 0.15) is 60.3 Å². The topological polar surface area (TPSA) is 60.9 Å². The molecule has 2 unspecified atom stereocenters. The van der Waals surface area contributed by atoms with Gasteiger partial charge in [-0.15, -0.1) is 0 Å². The second-order valence-electron chi connectivity index (χ2n) is 7.17. The van der Waals surface area contributed by atoms with Crippen LogP contribution in [0.15, 0.2) is 0 Å². The summed E-state index contributed by atoms with van der Waals surface area (Å²) in [5, 5.41) is 8.87. The molecule has 1 fully saturated rings. The zero-order chi connectivity index (χ0) is 16.2. The van der Waals surface area contributed by atoms with Gasteiger partial charge in [-0.25, -0.2) is 0 Å². The number of hydrogen-bond acceptors (Lipinski definition) is 3. The van der Waals surface area contributed by atoms with Gasteiger partial charge in [-0.05, 0) is 53.9 Å². The molecule has 1 aliphatic heterocycles. The molecule has 5 heteroatoms. The first-order valence-corrected chi connectivity index (χ1v) is 7.91. The van der Waals surface area contributed by atoms with Gasteiger partial charge in [0, 0.05) is 24.2 Å². The van der Waals surface area contributed by atoms with Gasteiger partial charge in [0.1, 0.15) is 0 Å². The van der Waals surface area contributed by atoms with E-state index < -0.39 is 5.97 Å². The van der Waals surface area contributed by atoms with E-state index in [2.05, 4.69) is 13.8 Å². The Labute approximate surface area is 128 Å². The number of nitrogens with zero attached hydrogens (tertiary/aromatic N) is 2. The highest BCUT2D eigenvalue weighted by molar-refractivity contribution is 5.79. The average Bonchev–Trinajstić information content (AvgIpc) is 2.32. The van der Waals surface area contributed by atoms with Crippen molar-refractivity contribution in [2.75, 3.05) is 13.1 Å². The van der Waals surface area contributed by atoms with Crippen LogP contribution in [0, 0.1) is 0 Å². The van der Waals surface area contributed by atoms with Crippen LogP contribution in [-0.2, 0) is 9.59 Å². The molecule has 1 aliphatic rings. The summed E-state index contributed by atoms with van der Waals surface area (Å²) in [6.07, 6.45) is 3.35. The van der Waals surface area contributed by atoms with Gasteiger partial charge in [0.2, 0.25) is 5.91 Å². The van der Waals surface area contributed by atoms with E-state index in [0.29, 0.717) is 13.1 Å². The second kappa shape index (κ2) is 7.25. The molecular weight excluding hydrogens is 268 g/mol. The molecule has 21 heavy (non-hydrogen) atoms. The summed E-state index contributed by atoms with van der Waals surface area (Å²) < 4.78 is 0. The van der Waals surface area contributed by atoms with Crippen molar-refractivity contribution in [2.45, 2.75) is 77.9 Å². The highest BCUT2D eigenvalue weighted by Crippen LogP contribution is 2.23. The number of carbonyl (C=O) groups is 2. The first kappa shape index (κ1) is 18.0. The number of carbonyl (C=O) groups excluding carboxylic acids is 1. The minimum atomic E-state index is -0.823. The van der Waals surface area contributed by atoms with Crippen molar-refractivity contribution in [3.8, 4) is 0 Å². The lowest BCUT2D eigenvalue weighted by Crippen LogP contribution is -2.54. The molecular formula is C16H30N2O3. The van der Waals surface area contributed by atoms with Gasteiger partial charge in [-0.2, -0.15) is 0 Å². The highest BCUT2D eigenvalue weighted by Gasteiger charge is 2.32. The third-order valence-corrected chi connectivity index (χ3v) is 4.35. The smallest absolute Gasteiger partial charge is 0.304 e. The van der Waals surface area contributed by atoms with E-state index in [1.165, 1.54) is 6.42 Å². The lowest BCUT2D eigenvalue weighted by atomic mass is 9.97. The van der Waals surface area contributed by atoms with Crippen molar-refractivity contribution in [3.05, 3.63) is 0 Å². The van der Waals surface area contributed by atoms with Crippen molar-refractivity contribution in [2.24, 2.45) is 0 Å². The van der Waals surface area contributed by atoms with Crippen LogP contribution in [0.5, 0.6) is 0 Å². The number of hydrogen-bond donors (Lipinski definition) is 1. The quantitative estimate of drug-likeness (QED) is 0.846. The summed E-state index contributed by atoms with van der Waals surface area (Å²) in [5.74, 6) is -0.702. The molecule has 5 nitrogen and oxygen atoms in total. The standard InChI is InChI=1S/C16H30N2O3/c1-12-7-6-8-13(2)18(12)14(19)11-17(16(3,4)5)10-9-15(20)21/h12-13H,6-11H2,1-5H3,(H,20,21). The van der Waals surface area contributed by atoms with Crippen molar-refractivity contribution in [1.29, 1.82) is 0 Å². The van der Waals surface area contributed by atoms with Gasteiger partial charge < -0.3 is 10.0 Å². The molecule has 0 aromatic rings. The summed E-state index contributed by atoms with van der Waals surface area (Å²) in [6, 6.07) is 0.560. The second-order valence-corrected chi connectivity index (χ2v) is 7.17. The molecule has 0 bridgehead atoms. The number of likely N-dealkylation sites (tertiary alicyclic amines) is 1. The Bertz CT molecular complexity index is 366. The molecule has 0 aromatic heterocycles. The molecule has 1 amide bonds.